The first-order chi connectivity index (χ1) is 19.0. The normalized spacial score (nSPS) is 11.8. The summed E-state index contributed by atoms with van der Waals surface area (Å²) in [6.07, 6.45) is -8.12. The second-order valence-corrected chi connectivity index (χ2v) is 8.16. The third-order valence-electron chi connectivity index (χ3n) is 4.72. The highest BCUT2D eigenvalue weighted by Gasteiger charge is 2.38. The number of halogens is 6. The Balaban J connectivity index is 0.00000106. The van der Waals surface area contributed by atoms with E-state index in [0.29, 0.717) is 18.8 Å². The van der Waals surface area contributed by atoms with Crippen molar-refractivity contribution in [2.45, 2.75) is 44.8 Å². The molecule has 0 fully saturated rings. The van der Waals surface area contributed by atoms with Gasteiger partial charge in [-0.1, -0.05) is 12.1 Å². The number of anilines is 1. The third-order valence-corrected chi connectivity index (χ3v) is 4.72. The van der Waals surface area contributed by atoms with Crippen LogP contribution in [0, 0.1) is 6.92 Å². The molecule has 0 radical (unpaired) electrons. The minimum Gasteiger partial charge on any atom is -0.481 e. The highest BCUT2D eigenvalue weighted by molar-refractivity contribution is 5.85. The molecule has 1 atom stereocenters. The molecule has 226 valence electrons. The van der Waals surface area contributed by atoms with Gasteiger partial charge in [-0.15, -0.1) is 13.2 Å². The highest BCUT2D eigenvalue weighted by atomic mass is 19.4. The van der Waals surface area contributed by atoms with Gasteiger partial charge in [0.05, 0.1) is 19.0 Å². The molecule has 0 aliphatic carbocycles. The number of pyridine rings is 1. The van der Waals surface area contributed by atoms with Gasteiger partial charge in [0.25, 0.3) is 0 Å². The van der Waals surface area contributed by atoms with Gasteiger partial charge in [0.1, 0.15) is 11.6 Å². The van der Waals surface area contributed by atoms with Gasteiger partial charge in [-0.2, -0.15) is 13.2 Å². The Bertz CT molecular complexity index is 1170. The van der Waals surface area contributed by atoms with E-state index in [-0.39, 0.29) is 24.4 Å². The summed E-state index contributed by atoms with van der Waals surface area (Å²) in [6.45, 7) is 2.06. The fourth-order valence-corrected chi connectivity index (χ4v) is 2.94. The van der Waals surface area contributed by atoms with Gasteiger partial charge in [-0.05, 0) is 48.7 Å². The van der Waals surface area contributed by atoms with E-state index in [9.17, 15) is 40.7 Å². The first-order valence-corrected chi connectivity index (χ1v) is 11.6. The van der Waals surface area contributed by atoms with E-state index in [0.717, 1.165) is 17.7 Å². The maximum Gasteiger partial charge on any atom is 0.573 e. The number of carbonyl (C=O) groups excluding carboxylic acids is 2. The summed E-state index contributed by atoms with van der Waals surface area (Å²) in [5.74, 6) is -4.76. The molecule has 0 bridgehead atoms. The van der Waals surface area contributed by atoms with Crippen LogP contribution in [-0.4, -0.2) is 64.6 Å². The lowest BCUT2D eigenvalue weighted by molar-refractivity contribution is -0.274. The number of aryl methyl sites for hydroxylation is 1. The number of alkyl halides is 6. The van der Waals surface area contributed by atoms with Crippen LogP contribution in [0.4, 0.5) is 32.2 Å². The number of hydrogen-bond acceptors (Lipinski definition) is 7. The number of ether oxygens (including phenoxy) is 1. The summed E-state index contributed by atoms with van der Waals surface area (Å²) in [5, 5.41) is 24.2. The van der Waals surface area contributed by atoms with Crippen molar-refractivity contribution < 1.29 is 60.5 Å². The molecule has 1 aromatic heterocycles. The summed E-state index contributed by atoms with van der Waals surface area (Å²) in [4.78, 5) is 48.4. The number of nitrogens with one attached hydrogen (secondary N) is 3. The predicted molar refractivity (Wildman–Crippen MR) is 130 cm³/mol. The van der Waals surface area contributed by atoms with Gasteiger partial charge in [-0.25, -0.2) is 9.78 Å². The Hall–Kier alpha value is -4.57. The number of carboxylic acid groups (broad SMARTS) is 2. The molecule has 11 nitrogen and oxygen atoms in total. The summed E-state index contributed by atoms with van der Waals surface area (Å²) in [6, 6.07) is 7.22. The maximum absolute atomic E-state index is 12.3. The molecule has 0 aliphatic rings. The number of hydrogen-bond donors (Lipinski definition) is 5. The number of carboxylic acids is 2. The molecule has 1 unspecified atom stereocenters. The van der Waals surface area contributed by atoms with E-state index >= 15 is 0 Å². The van der Waals surface area contributed by atoms with Crippen LogP contribution in [0.25, 0.3) is 0 Å². The minimum absolute atomic E-state index is 0.158. The lowest BCUT2D eigenvalue weighted by atomic mass is 10.0. The van der Waals surface area contributed by atoms with Crippen molar-refractivity contribution in [3.63, 3.8) is 0 Å². The van der Waals surface area contributed by atoms with E-state index in [4.69, 9.17) is 15.0 Å². The van der Waals surface area contributed by atoms with Crippen LogP contribution in [0.3, 0.4) is 0 Å². The third kappa shape index (κ3) is 15.6. The molecule has 17 heteroatoms. The Labute approximate surface area is 228 Å². The monoisotopic (exact) mass is 596 g/mol. The van der Waals surface area contributed by atoms with Crippen molar-refractivity contribution in [1.82, 2.24) is 15.6 Å². The number of rotatable bonds is 12. The molecular weight excluding hydrogens is 570 g/mol. The van der Waals surface area contributed by atoms with E-state index in [1.54, 1.807) is 6.20 Å². The minimum atomic E-state index is -5.08. The van der Waals surface area contributed by atoms with Crippen molar-refractivity contribution in [2.24, 2.45) is 0 Å². The Morgan fingerprint density at radius 3 is 2.10 bits per heavy atom. The van der Waals surface area contributed by atoms with Crippen LogP contribution in [0.1, 0.15) is 36.4 Å². The van der Waals surface area contributed by atoms with Crippen LogP contribution >= 0.6 is 0 Å². The zero-order valence-electron chi connectivity index (χ0n) is 21.3. The standard InChI is InChI=1S/C22H25F3N4O5.C2HF3O2/c1-14-8-10-27-18(11-14)26-9-2-3-19(30)28-13-20(31)29-17(12-21(32)33)15-4-6-16(7-5-15)34-22(23,24)25;3-2(4,5)1(6)7/h4-8,10-11,17H,2-3,9,12-13H2,1H3,(H,26,27)(H,28,30)(H,29,31)(H,32,33);(H,6,7). The number of carbonyl (C=O) groups is 4. The van der Waals surface area contributed by atoms with Gasteiger partial charge < -0.3 is 30.9 Å². The lowest BCUT2D eigenvalue weighted by Crippen LogP contribution is -2.39. The molecule has 5 N–H and O–H groups in total. The maximum atomic E-state index is 12.3. The predicted octanol–water partition coefficient (Wildman–Crippen LogP) is 3.56. The van der Waals surface area contributed by atoms with Crippen molar-refractivity contribution in [2.75, 3.05) is 18.4 Å². The zero-order valence-corrected chi connectivity index (χ0v) is 21.3. The zero-order chi connectivity index (χ0) is 31.2. The quantitative estimate of drug-likeness (QED) is 0.182. The Morgan fingerprint density at radius 1 is 0.976 bits per heavy atom. The largest absolute Gasteiger partial charge is 0.573 e. The summed E-state index contributed by atoms with van der Waals surface area (Å²) in [7, 11) is 0. The fraction of sp³-hybridized carbons (Fsp3) is 0.375. The first kappa shape index (κ1) is 34.5. The van der Waals surface area contributed by atoms with Crippen molar-refractivity contribution >= 4 is 29.6 Å². The molecule has 0 saturated carbocycles. The van der Waals surface area contributed by atoms with Crippen molar-refractivity contribution in [3.05, 3.63) is 53.7 Å². The molecule has 2 amide bonds. The number of amides is 2. The lowest BCUT2D eigenvalue weighted by Gasteiger charge is -2.18. The second kappa shape index (κ2) is 15.9. The molecule has 0 saturated heterocycles. The summed E-state index contributed by atoms with van der Waals surface area (Å²) < 4.78 is 72.4. The van der Waals surface area contributed by atoms with Gasteiger partial charge in [0.2, 0.25) is 11.8 Å². The van der Waals surface area contributed by atoms with E-state index in [2.05, 4.69) is 25.7 Å². The van der Waals surface area contributed by atoms with Gasteiger partial charge >= 0.3 is 24.5 Å². The topological polar surface area (TPSA) is 167 Å². The highest BCUT2D eigenvalue weighted by Crippen LogP contribution is 2.25. The smallest absolute Gasteiger partial charge is 0.481 e. The fourth-order valence-electron chi connectivity index (χ4n) is 2.94. The SMILES string of the molecule is Cc1ccnc(NCCCC(=O)NCC(=O)NC(CC(=O)O)c2ccc(OC(F)(F)F)cc2)c1.O=C(O)C(F)(F)F. The van der Waals surface area contributed by atoms with Gasteiger partial charge in [0.15, 0.2) is 0 Å². The molecule has 2 rings (SSSR count). The molecule has 1 aromatic carbocycles. The number of aliphatic carboxylic acids is 2. The summed E-state index contributed by atoms with van der Waals surface area (Å²) >= 11 is 0. The average molecular weight is 596 g/mol. The average Bonchev–Trinajstić information content (AvgIpc) is 2.84. The van der Waals surface area contributed by atoms with Gasteiger partial charge in [-0.3, -0.25) is 14.4 Å². The van der Waals surface area contributed by atoms with Crippen LogP contribution in [-0.2, 0) is 19.2 Å². The molecule has 0 aliphatic heterocycles. The molecule has 2 aromatic rings. The van der Waals surface area contributed by atoms with E-state index < -0.39 is 48.6 Å². The van der Waals surface area contributed by atoms with Gasteiger partial charge in [0, 0.05) is 19.2 Å². The van der Waals surface area contributed by atoms with Crippen molar-refractivity contribution in [1.29, 1.82) is 0 Å². The Morgan fingerprint density at radius 2 is 1.59 bits per heavy atom. The molecule has 0 spiro atoms. The Kier molecular flexibility index (Phi) is 13.3. The molecule has 41 heavy (non-hydrogen) atoms. The van der Waals surface area contributed by atoms with Crippen molar-refractivity contribution in [3.8, 4) is 5.75 Å². The van der Waals surface area contributed by atoms with E-state index in [1.807, 2.05) is 19.1 Å². The number of aromatic nitrogens is 1. The number of benzene rings is 1. The second-order valence-electron chi connectivity index (χ2n) is 8.16. The van der Waals surface area contributed by atoms with Crippen LogP contribution in [0.5, 0.6) is 5.75 Å². The number of nitrogens with zero attached hydrogens (tertiary/aromatic N) is 1. The molecule has 1 heterocycles. The van der Waals surface area contributed by atoms with Crippen LogP contribution in [0.2, 0.25) is 0 Å². The molecular formula is C24H26F6N4O7. The van der Waals surface area contributed by atoms with Crippen LogP contribution in [0.15, 0.2) is 42.6 Å². The van der Waals surface area contributed by atoms with E-state index in [1.165, 1.54) is 12.1 Å². The van der Waals surface area contributed by atoms with Crippen LogP contribution < -0.4 is 20.7 Å². The summed E-state index contributed by atoms with van der Waals surface area (Å²) in [5.41, 5.74) is 1.32. The first-order valence-electron chi connectivity index (χ1n) is 11.6.